The fraction of sp³-hybridized carbons (Fsp3) is 0.200. The summed E-state index contributed by atoms with van der Waals surface area (Å²) in [6.07, 6.45) is 0.0374. The standard InChI is InChI=1S/C25H21FN2O4S2/c26-18-8-6-17(7-9-18)14-24(29)27-25-28(22-15-34(30,31)16-23(22)33-25)19-10-12-21(13-11-19)32-20-4-2-1-3-5-20/h1-13,22-23H,14-16H2. The van der Waals surface area contributed by atoms with Crippen molar-refractivity contribution < 1.29 is 22.3 Å². The predicted octanol–water partition coefficient (Wildman–Crippen LogP) is 4.46. The number of fused-ring (bicyclic) bond motifs is 1. The van der Waals surface area contributed by atoms with Crippen LogP contribution in [0.4, 0.5) is 10.1 Å². The zero-order valence-electron chi connectivity index (χ0n) is 18.0. The summed E-state index contributed by atoms with van der Waals surface area (Å²) in [6, 6.07) is 22.1. The van der Waals surface area contributed by atoms with Crippen molar-refractivity contribution in [3.63, 3.8) is 0 Å². The molecule has 1 amide bonds. The normalized spacial score (nSPS) is 22.0. The molecular weight excluding hydrogens is 475 g/mol. The van der Waals surface area contributed by atoms with E-state index in [4.69, 9.17) is 4.74 Å². The number of amides is 1. The summed E-state index contributed by atoms with van der Waals surface area (Å²) in [5.74, 6) is 0.683. The second kappa shape index (κ2) is 9.23. The third kappa shape index (κ3) is 5.00. The predicted molar refractivity (Wildman–Crippen MR) is 132 cm³/mol. The van der Waals surface area contributed by atoms with Crippen LogP contribution in [0.2, 0.25) is 0 Å². The van der Waals surface area contributed by atoms with E-state index in [0.29, 0.717) is 22.2 Å². The van der Waals surface area contributed by atoms with Gasteiger partial charge >= 0.3 is 0 Å². The molecule has 6 nitrogen and oxygen atoms in total. The molecule has 2 fully saturated rings. The van der Waals surface area contributed by atoms with Gasteiger partial charge in [0.2, 0.25) is 0 Å². The molecule has 0 spiro atoms. The van der Waals surface area contributed by atoms with E-state index in [1.54, 1.807) is 12.1 Å². The van der Waals surface area contributed by atoms with Crippen LogP contribution in [0.25, 0.3) is 0 Å². The summed E-state index contributed by atoms with van der Waals surface area (Å²) in [5.41, 5.74) is 1.40. The van der Waals surface area contributed by atoms with Gasteiger partial charge in [0, 0.05) is 10.9 Å². The van der Waals surface area contributed by atoms with Crippen LogP contribution in [0.3, 0.4) is 0 Å². The Kier molecular flexibility index (Phi) is 6.14. The summed E-state index contributed by atoms with van der Waals surface area (Å²) >= 11 is 1.32. The Morgan fingerprint density at radius 1 is 0.971 bits per heavy atom. The van der Waals surface area contributed by atoms with Gasteiger partial charge in [0.15, 0.2) is 15.0 Å². The minimum absolute atomic E-state index is 0.0120. The Hall–Kier alpha value is -3.17. The number of carbonyl (C=O) groups excluding carboxylic acids is 1. The monoisotopic (exact) mass is 496 g/mol. The molecule has 9 heteroatoms. The number of sulfone groups is 1. The molecule has 5 rings (SSSR count). The number of benzene rings is 3. The van der Waals surface area contributed by atoms with Crippen LogP contribution in [0.5, 0.6) is 11.5 Å². The number of nitrogens with zero attached hydrogens (tertiary/aromatic N) is 2. The highest BCUT2D eigenvalue weighted by Crippen LogP contribution is 2.41. The third-order valence-electron chi connectivity index (χ3n) is 5.65. The Morgan fingerprint density at radius 3 is 2.35 bits per heavy atom. The summed E-state index contributed by atoms with van der Waals surface area (Å²) in [6.45, 7) is 0. The van der Waals surface area contributed by atoms with Crippen molar-refractivity contribution in [3.8, 4) is 11.5 Å². The van der Waals surface area contributed by atoms with Gasteiger partial charge in [-0.15, -0.1) is 0 Å². The molecule has 2 unspecified atom stereocenters. The van der Waals surface area contributed by atoms with Gasteiger partial charge < -0.3 is 9.64 Å². The molecule has 0 N–H and O–H groups in total. The highest BCUT2D eigenvalue weighted by atomic mass is 32.2. The quantitative estimate of drug-likeness (QED) is 0.519. The Labute approximate surface area is 201 Å². The molecule has 2 heterocycles. The topological polar surface area (TPSA) is 76.0 Å². The Balaban J connectivity index is 1.40. The number of halogens is 1. The molecule has 0 aliphatic carbocycles. The molecule has 2 atom stereocenters. The van der Waals surface area contributed by atoms with E-state index in [1.807, 2.05) is 59.5 Å². The Bertz CT molecular complexity index is 1330. The van der Waals surface area contributed by atoms with Gasteiger partial charge in [-0.25, -0.2) is 12.8 Å². The number of anilines is 1. The highest BCUT2D eigenvalue weighted by Gasteiger charge is 2.49. The van der Waals surface area contributed by atoms with Gasteiger partial charge in [-0.05, 0) is 54.1 Å². The van der Waals surface area contributed by atoms with Crippen LogP contribution in [-0.2, 0) is 21.1 Å². The summed E-state index contributed by atoms with van der Waals surface area (Å²) in [4.78, 5) is 18.8. The molecule has 3 aromatic rings. The molecular formula is C25H21FN2O4S2. The number of amidine groups is 1. The van der Waals surface area contributed by atoms with Crippen LogP contribution in [0.15, 0.2) is 83.9 Å². The SMILES string of the molecule is O=C(Cc1ccc(F)cc1)N=C1SC2CS(=O)(=O)CC2N1c1ccc(Oc2ccccc2)cc1. The minimum atomic E-state index is -3.16. The molecule has 0 aromatic heterocycles. The van der Waals surface area contributed by atoms with E-state index >= 15 is 0 Å². The maximum atomic E-state index is 13.2. The lowest BCUT2D eigenvalue weighted by atomic mass is 10.1. The number of carbonyl (C=O) groups is 1. The van der Waals surface area contributed by atoms with Crippen molar-refractivity contribution in [2.75, 3.05) is 16.4 Å². The number of rotatable bonds is 5. The maximum Gasteiger partial charge on any atom is 0.252 e. The number of hydrogen-bond acceptors (Lipinski definition) is 5. The molecule has 174 valence electrons. The number of aliphatic imine (C=N–C) groups is 1. The molecule has 0 saturated carbocycles. The molecule has 2 aliphatic rings. The lowest BCUT2D eigenvalue weighted by molar-refractivity contribution is -0.117. The van der Waals surface area contributed by atoms with E-state index in [9.17, 15) is 17.6 Å². The fourth-order valence-electron chi connectivity index (χ4n) is 4.09. The average molecular weight is 497 g/mol. The first-order valence-electron chi connectivity index (χ1n) is 10.7. The van der Waals surface area contributed by atoms with E-state index in [-0.39, 0.29) is 40.9 Å². The lowest BCUT2D eigenvalue weighted by Crippen LogP contribution is -2.37. The molecule has 0 bridgehead atoms. The molecule has 34 heavy (non-hydrogen) atoms. The van der Waals surface area contributed by atoms with Crippen LogP contribution in [0.1, 0.15) is 5.56 Å². The minimum Gasteiger partial charge on any atom is -0.457 e. The van der Waals surface area contributed by atoms with Crippen molar-refractivity contribution in [1.82, 2.24) is 0 Å². The van der Waals surface area contributed by atoms with Crippen LogP contribution in [0, 0.1) is 5.82 Å². The zero-order chi connectivity index (χ0) is 23.7. The number of para-hydroxylation sites is 1. The molecule has 2 aliphatic heterocycles. The van der Waals surface area contributed by atoms with Crippen molar-refractivity contribution in [2.24, 2.45) is 4.99 Å². The third-order valence-corrected chi connectivity index (χ3v) is 8.86. The lowest BCUT2D eigenvalue weighted by Gasteiger charge is -2.24. The van der Waals surface area contributed by atoms with Crippen molar-refractivity contribution in [3.05, 3.63) is 90.2 Å². The summed E-state index contributed by atoms with van der Waals surface area (Å²) in [5, 5.41) is 0.288. The van der Waals surface area contributed by atoms with E-state index in [1.165, 1.54) is 23.9 Å². The van der Waals surface area contributed by atoms with Gasteiger partial charge in [-0.2, -0.15) is 4.99 Å². The van der Waals surface area contributed by atoms with Crippen LogP contribution < -0.4 is 9.64 Å². The fourth-order valence-corrected chi connectivity index (χ4v) is 8.02. The number of thioether (sulfide) groups is 1. The Morgan fingerprint density at radius 2 is 1.65 bits per heavy atom. The smallest absolute Gasteiger partial charge is 0.252 e. The van der Waals surface area contributed by atoms with Gasteiger partial charge in [0.05, 0.1) is 24.0 Å². The van der Waals surface area contributed by atoms with Gasteiger partial charge in [0.1, 0.15) is 17.3 Å². The first kappa shape index (κ1) is 22.6. The molecule has 3 aromatic carbocycles. The second-order valence-electron chi connectivity index (χ2n) is 8.17. The van der Waals surface area contributed by atoms with Crippen LogP contribution >= 0.6 is 11.8 Å². The first-order chi connectivity index (χ1) is 16.4. The second-order valence-corrected chi connectivity index (χ2v) is 11.5. The van der Waals surface area contributed by atoms with E-state index in [2.05, 4.69) is 4.99 Å². The van der Waals surface area contributed by atoms with Gasteiger partial charge in [0.25, 0.3) is 5.91 Å². The summed E-state index contributed by atoms with van der Waals surface area (Å²) < 4.78 is 43.6. The van der Waals surface area contributed by atoms with Crippen molar-refractivity contribution >= 4 is 38.4 Å². The van der Waals surface area contributed by atoms with Gasteiger partial charge in [-0.1, -0.05) is 42.1 Å². The summed E-state index contributed by atoms with van der Waals surface area (Å²) in [7, 11) is -3.16. The molecule has 2 saturated heterocycles. The van der Waals surface area contributed by atoms with Gasteiger partial charge in [-0.3, -0.25) is 4.79 Å². The first-order valence-corrected chi connectivity index (χ1v) is 13.4. The highest BCUT2D eigenvalue weighted by molar-refractivity contribution is 8.16. The van der Waals surface area contributed by atoms with Crippen molar-refractivity contribution in [1.29, 1.82) is 0 Å². The zero-order valence-corrected chi connectivity index (χ0v) is 19.6. The average Bonchev–Trinajstić information content (AvgIpc) is 3.27. The van der Waals surface area contributed by atoms with E-state index < -0.39 is 9.84 Å². The van der Waals surface area contributed by atoms with Crippen LogP contribution in [-0.4, -0.2) is 42.3 Å². The van der Waals surface area contributed by atoms with Crippen molar-refractivity contribution in [2.45, 2.75) is 17.7 Å². The largest absolute Gasteiger partial charge is 0.457 e. The molecule has 0 radical (unpaired) electrons. The van der Waals surface area contributed by atoms with E-state index in [0.717, 1.165) is 5.69 Å². The number of hydrogen-bond donors (Lipinski definition) is 0. The maximum absolute atomic E-state index is 13.2. The number of ether oxygens (including phenoxy) is 1.